The highest BCUT2D eigenvalue weighted by Crippen LogP contribution is 2.18. The minimum atomic E-state index is -1.10. The summed E-state index contributed by atoms with van der Waals surface area (Å²) in [6.45, 7) is 1.08. The molecule has 92 valence electrons. The number of carboxylic acids is 1. The molecule has 0 bridgehead atoms. The van der Waals surface area contributed by atoms with Crippen LogP contribution in [0.15, 0.2) is 24.3 Å². The first-order valence-electron chi connectivity index (χ1n) is 4.96. The van der Waals surface area contributed by atoms with Crippen LogP contribution in [-0.4, -0.2) is 29.6 Å². The van der Waals surface area contributed by atoms with Gasteiger partial charge in [-0.3, -0.25) is 14.5 Å². The van der Waals surface area contributed by atoms with Crippen LogP contribution in [0, 0.1) is 0 Å². The molecule has 1 atom stereocenters. The molecule has 3 N–H and O–H groups in total. The fraction of sp³-hybridized carbons (Fsp3) is 0.273. The highest BCUT2D eigenvalue weighted by atomic mass is 35.5. The summed E-state index contributed by atoms with van der Waals surface area (Å²) in [6, 6.07) is 5.56. The van der Waals surface area contributed by atoms with Crippen molar-refractivity contribution in [2.45, 2.75) is 13.0 Å². The fourth-order valence-corrected chi connectivity index (χ4v) is 1.42. The fourth-order valence-electron chi connectivity index (χ4n) is 1.30. The molecule has 0 radical (unpaired) electrons. The van der Waals surface area contributed by atoms with Gasteiger partial charge in [0.25, 0.3) is 0 Å². The van der Waals surface area contributed by atoms with Gasteiger partial charge in [-0.25, -0.2) is 0 Å². The van der Waals surface area contributed by atoms with Crippen molar-refractivity contribution in [2.75, 3.05) is 11.4 Å². The lowest BCUT2D eigenvalue weighted by Gasteiger charge is -2.22. The van der Waals surface area contributed by atoms with Gasteiger partial charge in [0.15, 0.2) is 0 Å². The molecular formula is C11H13ClN2O3. The third-order valence-corrected chi connectivity index (χ3v) is 2.34. The molecule has 0 heterocycles. The zero-order valence-corrected chi connectivity index (χ0v) is 10.0. The molecule has 0 fully saturated rings. The number of hydrogen-bond acceptors (Lipinski definition) is 3. The van der Waals surface area contributed by atoms with Crippen molar-refractivity contribution < 1.29 is 14.7 Å². The van der Waals surface area contributed by atoms with Gasteiger partial charge in [-0.1, -0.05) is 11.6 Å². The van der Waals surface area contributed by atoms with Crippen LogP contribution in [-0.2, 0) is 9.59 Å². The van der Waals surface area contributed by atoms with E-state index in [1.54, 1.807) is 24.3 Å². The van der Waals surface area contributed by atoms with E-state index in [4.69, 9.17) is 22.4 Å². The second-order valence-corrected chi connectivity index (χ2v) is 4.02. The maximum atomic E-state index is 11.8. The van der Waals surface area contributed by atoms with Gasteiger partial charge in [-0.2, -0.15) is 0 Å². The Balaban J connectivity index is 3.01. The van der Waals surface area contributed by atoms with E-state index in [1.807, 2.05) is 0 Å². The molecule has 1 unspecified atom stereocenters. The molecule has 1 aromatic carbocycles. The van der Waals surface area contributed by atoms with Gasteiger partial charge in [0.05, 0.1) is 6.04 Å². The summed E-state index contributed by atoms with van der Waals surface area (Å²) in [4.78, 5) is 23.6. The van der Waals surface area contributed by atoms with E-state index in [0.29, 0.717) is 10.7 Å². The molecule has 0 saturated heterocycles. The first-order chi connectivity index (χ1) is 7.91. The number of carbonyl (C=O) groups is 2. The number of benzene rings is 1. The quantitative estimate of drug-likeness (QED) is 0.845. The Labute approximate surface area is 104 Å². The molecule has 1 aromatic rings. The number of halogens is 1. The Hall–Kier alpha value is -1.59. The summed E-state index contributed by atoms with van der Waals surface area (Å²) in [5.41, 5.74) is 5.93. The largest absolute Gasteiger partial charge is 0.480 e. The van der Waals surface area contributed by atoms with Crippen molar-refractivity contribution in [3.8, 4) is 0 Å². The number of carbonyl (C=O) groups excluding carboxylic acids is 1. The Morgan fingerprint density at radius 2 is 1.94 bits per heavy atom. The Morgan fingerprint density at radius 3 is 2.35 bits per heavy atom. The van der Waals surface area contributed by atoms with Crippen LogP contribution in [0.1, 0.15) is 6.92 Å². The lowest BCUT2D eigenvalue weighted by Crippen LogP contribution is -2.44. The number of anilines is 1. The van der Waals surface area contributed by atoms with Crippen molar-refractivity contribution in [1.82, 2.24) is 0 Å². The van der Waals surface area contributed by atoms with Gasteiger partial charge >= 0.3 is 5.97 Å². The molecule has 17 heavy (non-hydrogen) atoms. The zero-order chi connectivity index (χ0) is 13.0. The number of hydrogen-bond donors (Lipinski definition) is 2. The summed E-state index contributed by atoms with van der Waals surface area (Å²) in [6.07, 6.45) is 0. The van der Waals surface area contributed by atoms with E-state index < -0.39 is 24.5 Å². The van der Waals surface area contributed by atoms with Gasteiger partial charge < -0.3 is 10.8 Å². The SMILES string of the molecule is CC(N)C(=O)N(CC(=O)O)c1ccc(Cl)cc1. The maximum Gasteiger partial charge on any atom is 0.323 e. The van der Waals surface area contributed by atoms with Crippen LogP contribution < -0.4 is 10.6 Å². The third kappa shape index (κ3) is 3.72. The van der Waals surface area contributed by atoms with Crippen molar-refractivity contribution in [3.63, 3.8) is 0 Å². The standard InChI is InChI=1S/C11H13ClN2O3/c1-7(13)11(17)14(6-10(15)16)9-4-2-8(12)3-5-9/h2-5,7H,6,13H2,1H3,(H,15,16). The maximum absolute atomic E-state index is 11.8. The predicted octanol–water partition coefficient (Wildman–Crippen LogP) is 1.10. The van der Waals surface area contributed by atoms with E-state index in [2.05, 4.69) is 0 Å². The lowest BCUT2D eigenvalue weighted by atomic mass is 10.2. The molecule has 0 aromatic heterocycles. The lowest BCUT2D eigenvalue weighted by molar-refractivity contribution is -0.136. The van der Waals surface area contributed by atoms with Gasteiger partial charge in [-0.15, -0.1) is 0 Å². The van der Waals surface area contributed by atoms with Crippen molar-refractivity contribution in [1.29, 1.82) is 0 Å². The highest BCUT2D eigenvalue weighted by Gasteiger charge is 2.21. The van der Waals surface area contributed by atoms with Crippen molar-refractivity contribution >= 4 is 29.2 Å². The van der Waals surface area contributed by atoms with E-state index in [1.165, 1.54) is 6.92 Å². The topological polar surface area (TPSA) is 83.6 Å². The Bertz CT molecular complexity index is 417. The average Bonchev–Trinajstić information content (AvgIpc) is 2.26. The molecule has 0 spiro atoms. The summed E-state index contributed by atoms with van der Waals surface area (Å²) in [5.74, 6) is -1.55. The van der Waals surface area contributed by atoms with E-state index in [9.17, 15) is 9.59 Å². The van der Waals surface area contributed by atoms with Gasteiger partial charge in [0, 0.05) is 10.7 Å². The smallest absolute Gasteiger partial charge is 0.323 e. The average molecular weight is 257 g/mol. The van der Waals surface area contributed by atoms with Gasteiger partial charge in [0.1, 0.15) is 6.54 Å². The highest BCUT2D eigenvalue weighted by molar-refractivity contribution is 6.30. The van der Waals surface area contributed by atoms with Gasteiger partial charge in [-0.05, 0) is 31.2 Å². The molecule has 0 aliphatic carbocycles. The summed E-state index contributed by atoms with van der Waals surface area (Å²) >= 11 is 5.72. The molecule has 5 nitrogen and oxygen atoms in total. The van der Waals surface area contributed by atoms with E-state index in [0.717, 1.165) is 4.90 Å². The van der Waals surface area contributed by atoms with Crippen LogP contribution in [0.5, 0.6) is 0 Å². The molecule has 0 aliphatic rings. The number of aliphatic carboxylic acids is 1. The number of amides is 1. The number of nitrogens with two attached hydrogens (primary N) is 1. The van der Waals surface area contributed by atoms with Crippen LogP contribution in [0.2, 0.25) is 5.02 Å². The van der Waals surface area contributed by atoms with E-state index in [-0.39, 0.29) is 0 Å². The Kier molecular flexibility index (Phi) is 4.48. The molecule has 1 amide bonds. The second kappa shape index (κ2) is 5.65. The number of rotatable bonds is 4. The second-order valence-electron chi connectivity index (χ2n) is 3.58. The Morgan fingerprint density at radius 1 is 1.41 bits per heavy atom. The van der Waals surface area contributed by atoms with Crippen LogP contribution in [0.3, 0.4) is 0 Å². The third-order valence-electron chi connectivity index (χ3n) is 2.09. The van der Waals surface area contributed by atoms with Crippen LogP contribution in [0.25, 0.3) is 0 Å². The molecule has 6 heteroatoms. The first kappa shape index (κ1) is 13.5. The zero-order valence-electron chi connectivity index (χ0n) is 9.26. The molecule has 0 saturated carbocycles. The summed E-state index contributed by atoms with van der Waals surface area (Å²) < 4.78 is 0. The molecule has 1 rings (SSSR count). The normalized spacial score (nSPS) is 11.9. The van der Waals surface area contributed by atoms with Crippen molar-refractivity contribution in [2.24, 2.45) is 5.73 Å². The van der Waals surface area contributed by atoms with Crippen LogP contribution >= 0.6 is 11.6 Å². The molecule has 0 aliphatic heterocycles. The van der Waals surface area contributed by atoms with Crippen molar-refractivity contribution in [3.05, 3.63) is 29.3 Å². The van der Waals surface area contributed by atoms with Gasteiger partial charge in [0.2, 0.25) is 5.91 Å². The molecular weight excluding hydrogens is 244 g/mol. The minimum absolute atomic E-state index is 0.429. The monoisotopic (exact) mass is 256 g/mol. The first-order valence-corrected chi connectivity index (χ1v) is 5.34. The minimum Gasteiger partial charge on any atom is -0.480 e. The number of nitrogens with zero attached hydrogens (tertiary/aromatic N) is 1. The van der Waals surface area contributed by atoms with E-state index >= 15 is 0 Å². The van der Waals surface area contributed by atoms with Crippen LogP contribution in [0.4, 0.5) is 5.69 Å². The number of carboxylic acid groups (broad SMARTS) is 1. The summed E-state index contributed by atoms with van der Waals surface area (Å²) in [5, 5.41) is 9.28. The predicted molar refractivity (Wildman–Crippen MR) is 65.1 cm³/mol. The summed E-state index contributed by atoms with van der Waals surface area (Å²) in [7, 11) is 0.